The Labute approximate surface area is 167 Å². The molecule has 5 heteroatoms. The molecule has 0 spiro atoms. The molecule has 0 unspecified atom stereocenters. The van der Waals surface area contributed by atoms with E-state index in [2.05, 4.69) is 27.4 Å². The van der Waals surface area contributed by atoms with E-state index in [0.717, 1.165) is 32.0 Å². The van der Waals surface area contributed by atoms with Gasteiger partial charge in [0.05, 0.1) is 6.10 Å². The van der Waals surface area contributed by atoms with Crippen molar-refractivity contribution in [2.24, 2.45) is 4.99 Å². The minimum Gasteiger partial charge on any atom is -0.378 e. The number of hydrogen-bond donors (Lipinski definition) is 2. The fourth-order valence-corrected chi connectivity index (χ4v) is 4.16. The summed E-state index contributed by atoms with van der Waals surface area (Å²) < 4.78 is 6.08. The van der Waals surface area contributed by atoms with E-state index in [1.54, 1.807) is 0 Å². The molecule has 1 aliphatic heterocycles. The van der Waals surface area contributed by atoms with Gasteiger partial charge in [-0.15, -0.1) is 0 Å². The largest absolute Gasteiger partial charge is 0.378 e. The molecule has 0 amide bonds. The quantitative estimate of drug-likeness (QED) is 0.261. The molecule has 0 atom stereocenters. The van der Waals surface area contributed by atoms with Gasteiger partial charge >= 0.3 is 0 Å². The lowest BCUT2D eigenvalue weighted by molar-refractivity contribution is 0.0411. The number of guanidine groups is 1. The van der Waals surface area contributed by atoms with Crippen molar-refractivity contribution in [2.75, 3.05) is 39.8 Å². The van der Waals surface area contributed by atoms with E-state index in [1.807, 2.05) is 7.05 Å². The predicted molar refractivity (Wildman–Crippen MR) is 116 cm³/mol. The number of nitrogens with zero attached hydrogens (tertiary/aromatic N) is 2. The first-order valence-corrected chi connectivity index (χ1v) is 11.6. The molecule has 158 valence electrons. The zero-order chi connectivity index (χ0) is 19.2. The molecule has 1 saturated carbocycles. The van der Waals surface area contributed by atoms with Crippen molar-refractivity contribution >= 4 is 5.96 Å². The maximum absolute atomic E-state index is 6.08. The Morgan fingerprint density at radius 2 is 1.74 bits per heavy atom. The summed E-state index contributed by atoms with van der Waals surface area (Å²) in [6, 6.07) is 0.563. The molecule has 0 aromatic carbocycles. The van der Waals surface area contributed by atoms with E-state index < -0.39 is 0 Å². The van der Waals surface area contributed by atoms with Gasteiger partial charge in [0.25, 0.3) is 0 Å². The van der Waals surface area contributed by atoms with Crippen LogP contribution in [0.3, 0.4) is 0 Å². The lowest BCUT2D eigenvalue weighted by atomic mass is 10.0. The molecule has 1 heterocycles. The molecule has 0 radical (unpaired) electrons. The Morgan fingerprint density at radius 1 is 1.00 bits per heavy atom. The van der Waals surface area contributed by atoms with E-state index in [-0.39, 0.29) is 0 Å². The van der Waals surface area contributed by atoms with Crippen LogP contribution in [0.1, 0.15) is 84.0 Å². The fourth-order valence-electron chi connectivity index (χ4n) is 4.16. The molecule has 2 fully saturated rings. The number of rotatable bonds is 10. The third-order valence-corrected chi connectivity index (χ3v) is 6.00. The van der Waals surface area contributed by atoms with Gasteiger partial charge < -0.3 is 20.3 Å². The molecule has 0 bridgehead atoms. The van der Waals surface area contributed by atoms with Crippen LogP contribution in [0.15, 0.2) is 4.99 Å². The van der Waals surface area contributed by atoms with Crippen LogP contribution in [0.25, 0.3) is 0 Å². The number of likely N-dealkylation sites (tertiary alicyclic amines) is 1. The number of piperidine rings is 1. The van der Waals surface area contributed by atoms with Crippen molar-refractivity contribution < 1.29 is 4.74 Å². The topological polar surface area (TPSA) is 48.9 Å². The van der Waals surface area contributed by atoms with Gasteiger partial charge in [0.15, 0.2) is 5.96 Å². The molecular formula is C22H44N4O. The second kappa shape index (κ2) is 14.2. The molecule has 2 rings (SSSR count). The third kappa shape index (κ3) is 9.79. The number of nitrogens with one attached hydrogen (secondary N) is 2. The fraction of sp³-hybridized carbons (Fsp3) is 0.955. The second-order valence-electron chi connectivity index (χ2n) is 8.30. The van der Waals surface area contributed by atoms with E-state index >= 15 is 0 Å². The SMILES string of the molecule is CCCCN1CCC(NC(=NC)NCCCCOC2CCCCCC2)CC1. The molecule has 27 heavy (non-hydrogen) atoms. The van der Waals surface area contributed by atoms with Crippen LogP contribution in [0, 0.1) is 0 Å². The van der Waals surface area contributed by atoms with Gasteiger partial charge in [-0.2, -0.15) is 0 Å². The molecule has 1 aliphatic carbocycles. The first-order valence-electron chi connectivity index (χ1n) is 11.6. The summed E-state index contributed by atoms with van der Waals surface area (Å²) in [5, 5.41) is 7.09. The highest BCUT2D eigenvalue weighted by Gasteiger charge is 2.19. The van der Waals surface area contributed by atoms with Crippen LogP contribution in [0.4, 0.5) is 0 Å². The number of aliphatic imine (C=N–C) groups is 1. The van der Waals surface area contributed by atoms with Crippen molar-refractivity contribution in [1.29, 1.82) is 0 Å². The first kappa shape index (κ1) is 22.5. The lowest BCUT2D eigenvalue weighted by Crippen LogP contribution is -2.48. The van der Waals surface area contributed by atoms with Crippen LogP contribution in [0.5, 0.6) is 0 Å². The van der Waals surface area contributed by atoms with Gasteiger partial charge in [-0.1, -0.05) is 39.0 Å². The highest BCUT2D eigenvalue weighted by molar-refractivity contribution is 5.79. The maximum Gasteiger partial charge on any atom is 0.191 e. The minimum absolute atomic E-state index is 0.526. The molecule has 2 N–H and O–H groups in total. The standard InChI is InChI=1S/C22H44N4O/c1-3-4-16-26-17-13-20(14-18-26)25-22(23-2)24-15-9-10-19-27-21-11-7-5-6-8-12-21/h20-21H,3-19H2,1-2H3,(H2,23,24,25). The van der Waals surface area contributed by atoms with E-state index in [9.17, 15) is 0 Å². The summed E-state index contributed by atoms with van der Waals surface area (Å²) in [5.74, 6) is 0.965. The number of unbranched alkanes of at least 4 members (excludes halogenated alkanes) is 2. The zero-order valence-corrected chi connectivity index (χ0v) is 18.0. The molecule has 1 saturated heterocycles. The van der Waals surface area contributed by atoms with Crippen LogP contribution >= 0.6 is 0 Å². The summed E-state index contributed by atoms with van der Waals surface area (Å²) >= 11 is 0. The van der Waals surface area contributed by atoms with Gasteiger partial charge in [-0.3, -0.25) is 4.99 Å². The highest BCUT2D eigenvalue weighted by atomic mass is 16.5. The van der Waals surface area contributed by atoms with Gasteiger partial charge in [0.1, 0.15) is 0 Å². The Balaban J connectivity index is 1.49. The molecular weight excluding hydrogens is 336 g/mol. The summed E-state index contributed by atoms with van der Waals surface area (Å²) in [4.78, 5) is 7.01. The van der Waals surface area contributed by atoms with Gasteiger partial charge in [-0.25, -0.2) is 0 Å². The van der Waals surface area contributed by atoms with E-state index in [4.69, 9.17) is 4.74 Å². The Hall–Kier alpha value is -0.810. The van der Waals surface area contributed by atoms with Crippen molar-refractivity contribution in [3.05, 3.63) is 0 Å². The highest BCUT2D eigenvalue weighted by Crippen LogP contribution is 2.19. The average Bonchev–Trinajstić information content (AvgIpc) is 2.98. The van der Waals surface area contributed by atoms with Crippen LogP contribution < -0.4 is 10.6 Å². The van der Waals surface area contributed by atoms with E-state index in [0.29, 0.717) is 12.1 Å². The van der Waals surface area contributed by atoms with Crippen molar-refractivity contribution in [2.45, 2.75) is 96.1 Å². The smallest absolute Gasteiger partial charge is 0.191 e. The molecule has 2 aliphatic rings. The molecule has 0 aromatic rings. The van der Waals surface area contributed by atoms with Crippen molar-refractivity contribution in [3.8, 4) is 0 Å². The predicted octanol–water partition coefficient (Wildman–Crippen LogP) is 3.94. The minimum atomic E-state index is 0.526. The van der Waals surface area contributed by atoms with Crippen molar-refractivity contribution in [3.63, 3.8) is 0 Å². The Bertz CT molecular complexity index is 386. The monoisotopic (exact) mass is 380 g/mol. The number of ether oxygens (including phenoxy) is 1. The molecule has 5 nitrogen and oxygen atoms in total. The summed E-state index contributed by atoms with van der Waals surface area (Å²) in [7, 11) is 1.88. The maximum atomic E-state index is 6.08. The molecule has 0 aromatic heterocycles. The van der Waals surface area contributed by atoms with Crippen molar-refractivity contribution in [1.82, 2.24) is 15.5 Å². The van der Waals surface area contributed by atoms with E-state index in [1.165, 1.54) is 83.8 Å². The normalized spacial score (nSPS) is 21.2. The Morgan fingerprint density at radius 3 is 2.41 bits per heavy atom. The first-order chi connectivity index (χ1) is 13.3. The lowest BCUT2D eigenvalue weighted by Gasteiger charge is -2.33. The summed E-state index contributed by atoms with van der Waals surface area (Å²) in [6.07, 6.45) is 15.9. The summed E-state index contributed by atoms with van der Waals surface area (Å²) in [5.41, 5.74) is 0. The van der Waals surface area contributed by atoms with Gasteiger partial charge in [-0.05, 0) is 51.5 Å². The second-order valence-corrected chi connectivity index (χ2v) is 8.30. The van der Waals surface area contributed by atoms with Gasteiger partial charge in [0.2, 0.25) is 0 Å². The summed E-state index contributed by atoms with van der Waals surface area (Å²) in [6.45, 7) is 7.85. The van der Waals surface area contributed by atoms with Crippen LogP contribution in [0.2, 0.25) is 0 Å². The zero-order valence-electron chi connectivity index (χ0n) is 18.0. The van der Waals surface area contributed by atoms with Crippen LogP contribution in [-0.2, 0) is 4.74 Å². The van der Waals surface area contributed by atoms with Gasteiger partial charge in [0, 0.05) is 39.3 Å². The average molecular weight is 381 g/mol. The number of hydrogen-bond acceptors (Lipinski definition) is 3. The third-order valence-electron chi connectivity index (χ3n) is 6.00. The van der Waals surface area contributed by atoms with Crippen LogP contribution in [-0.4, -0.2) is 62.8 Å². The Kier molecular flexibility index (Phi) is 11.8.